The molecule has 2 nitrogen and oxygen atoms in total. The Hall–Kier alpha value is -1.46. The summed E-state index contributed by atoms with van der Waals surface area (Å²) in [7, 11) is 0. The average Bonchev–Trinajstić information content (AvgIpc) is 2.35. The first-order valence-corrected chi connectivity index (χ1v) is 6.53. The van der Waals surface area contributed by atoms with Gasteiger partial charge >= 0.3 is 6.18 Å². The lowest BCUT2D eigenvalue weighted by molar-refractivity contribution is -0.184. The number of aromatic hydroxyl groups is 1. The zero-order valence-electron chi connectivity index (χ0n) is 10.8. The molecule has 1 aliphatic rings. The molecule has 1 saturated carbocycles. The van der Waals surface area contributed by atoms with Crippen molar-refractivity contribution in [3.05, 3.63) is 24.0 Å². The monoisotopic (exact) mass is 292 g/mol. The third-order valence-corrected chi connectivity index (χ3v) is 3.65. The van der Waals surface area contributed by atoms with Gasteiger partial charge in [-0.25, -0.2) is 4.39 Å². The first kappa shape index (κ1) is 14.9. The highest BCUT2D eigenvalue weighted by Gasteiger charge is 2.41. The lowest BCUT2D eigenvalue weighted by Gasteiger charge is -2.29. The summed E-state index contributed by atoms with van der Waals surface area (Å²) >= 11 is 0. The van der Waals surface area contributed by atoms with E-state index in [0.717, 1.165) is 12.1 Å². The summed E-state index contributed by atoms with van der Waals surface area (Å²) < 4.78 is 55.9. The molecule has 6 heteroatoms. The van der Waals surface area contributed by atoms with Gasteiger partial charge in [0, 0.05) is 18.2 Å². The van der Waals surface area contributed by atoms with Crippen LogP contribution in [-0.4, -0.2) is 17.9 Å². The maximum absolute atomic E-state index is 13.0. The van der Waals surface area contributed by atoms with Gasteiger partial charge in [0.05, 0.1) is 12.5 Å². The minimum Gasteiger partial charge on any atom is -0.508 e. The third kappa shape index (κ3) is 4.02. The number of alkyl halides is 3. The molecule has 0 radical (unpaired) electrons. The second-order valence-corrected chi connectivity index (χ2v) is 5.22. The summed E-state index contributed by atoms with van der Waals surface area (Å²) in [5, 5.41) is 9.21. The van der Waals surface area contributed by atoms with Crippen molar-refractivity contribution < 1.29 is 27.4 Å². The fourth-order valence-electron chi connectivity index (χ4n) is 2.50. The molecule has 112 valence electrons. The number of benzene rings is 1. The zero-order valence-corrected chi connectivity index (χ0v) is 10.8. The Morgan fingerprint density at radius 2 is 1.75 bits per heavy atom. The molecule has 0 amide bonds. The molecule has 1 aliphatic carbocycles. The summed E-state index contributed by atoms with van der Waals surface area (Å²) in [6, 6.07) is 3.38. The average molecular weight is 292 g/mol. The van der Waals surface area contributed by atoms with E-state index in [1.165, 1.54) is 6.07 Å². The summed E-state index contributed by atoms with van der Waals surface area (Å²) in [5.74, 6) is -1.82. The topological polar surface area (TPSA) is 29.5 Å². The summed E-state index contributed by atoms with van der Waals surface area (Å²) in [6.45, 7) is 0.244. The van der Waals surface area contributed by atoms with Crippen molar-refractivity contribution in [1.29, 1.82) is 0 Å². The van der Waals surface area contributed by atoms with Crippen LogP contribution >= 0.6 is 0 Å². The van der Waals surface area contributed by atoms with Gasteiger partial charge in [-0.15, -0.1) is 0 Å². The predicted octanol–water partition coefficient (Wildman–Crippen LogP) is 4.28. The van der Waals surface area contributed by atoms with Crippen LogP contribution in [0.15, 0.2) is 18.2 Å². The minimum atomic E-state index is -4.11. The van der Waals surface area contributed by atoms with Crippen LogP contribution in [-0.2, 0) is 0 Å². The van der Waals surface area contributed by atoms with E-state index in [9.17, 15) is 22.7 Å². The van der Waals surface area contributed by atoms with Crippen LogP contribution in [0.3, 0.4) is 0 Å². The highest BCUT2D eigenvalue weighted by atomic mass is 19.4. The minimum absolute atomic E-state index is 0.0408. The molecular formula is C14H16F4O2. The van der Waals surface area contributed by atoms with E-state index in [2.05, 4.69) is 0 Å². The Morgan fingerprint density at radius 1 is 1.10 bits per heavy atom. The van der Waals surface area contributed by atoms with Gasteiger partial charge in [-0.3, -0.25) is 0 Å². The molecule has 0 bridgehead atoms. The van der Waals surface area contributed by atoms with Crippen LogP contribution in [0.4, 0.5) is 17.6 Å². The molecule has 2 rings (SSSR count). The van der Waals surface area contributed by atoms with Crippen LogP contribution in [0.2, 0.25) is 0 Å². The maximum Gasteiger partial charge on any atom is 0.391 e. The van der Waals surface area contributed by atoms with E-state index in [-0.39, 0.29) is 36.9 Å². The van der Waals surface area contributed by atoms with Crippen LogP contribution < -0.4 is 4.74 Å². The first-order chi connectivity index (χ1) is 9.34. The molecule has 0 saturated heterocycles. The molecule has 0 aliphatic heterocycles. The largest absolute Gasteiger partial charge is 0.508 e. The van der Waals surface area contributed by atoms with Crippen LogP contribution in [0.25, 0.3) is 0 Å². The summed E-state index contributed by atoms with van der Waals surface area (Å²) in [4.78, 5) is 0. The third-order valence-electron chi connectivity index (χ3n) is 3.65. The van der Waals surface area contributed by atoms with E-state index in [1.807, 2.05) is 0 Å². The maximum atomic E-state index is 13.0. The Kier molecular flexibility index (Phi) is 4.40. The number of ether oxygens (including phenoxy) is 1. The zero-order chi connectivity index (χ0) is 14.8. The van der Waals surface area contributed by atoms with E-state index in [1.54, 1.807) is 0 Å². The van der Waals surface area contributed by atoms with Gasteiger partial charge in [0.1, 0.15) is 17.3 Å². The Morgan fingerprint density at radius 3 is 2.30 bits per heavy atom. The second kappa shape index (κ2) is 5.89. The second-order valence-electron chi connectivity index (χ2n) is 5.22. The van der Waals surface area contributed by atoms with Gasteiger partial charge in [0.15, 0.2) is 0 Å². The number of halogens is 4. The van der Waals surface area contributed by atoms with Gasteiger partial charge in [0.2, 0.25) is 0 Å². The first-order valence-electron chi connectivity index (χ1n) is 6.53. The molecule has 0 aromatic heterocycles. The molecular weight excluding hydrogens is 276 g/mol. The van der Waals surface area contributed by atoms with Crippen LogP contribution in [0.5, 0.6) is 11.5 Å². The lowest BCUT2D eigenvalue weighted by Crippen LogP contribution is -2.29. The van der Waals surface area contributed by atoms with Gasteiger partial charge in [0.25, 0.3) is 0 Å². The summed E-state index contributed by atoms with van der Waals surface area (Å²) in [5.41, 5.74) is 0. The lowest BCUT2D eigenvalue weighted by atomic mass is 9.82. The fraction of sp³-hybridized carbons (Fsp3) is 0.571. The Bertz CT molecular complexity index is 431. The molecule has 1 N–H and O–H groups in total. The molecule has 1 aromatic rings. The molecule has 20 heavy (non-hydrogen) atoms. The van der Waals surface area contributed by atoms with Crippen molar-refractivity contribution in [3.8, 4) is 11.5 Å². The van der Waals surface area contributed by atoms with Crippen LogP contribution in [0.1, 0.15) is 25.7 Å². The normalized spacial score (nSPS) is 23.6. The van der Waals surface area contributed by atoms with Crippen molar-refractivity contribution >= 4 is 0 Å². The van der Waals surface area contributed by atoms with Crippen molar-refractivity contribution in [1.82, 2.24) is 0 Å². The summed E-state index contributed by atoms with van der Waals surface area (Å²) in [6.07, 6.45) is -2.98. The molecule has 0 heterocycles. The Balaban J connectivity index is 1.81. The van der Waals surface area contributed by atoms with Gasteiger partial charge in [-0.2, -0.15) is 13.2 Å². The molecule has 0 atom stereocenters. The van der Waals surface area contributed by atoms with Gasteiger partial charge in [-0.1, -0.05) is 0 Å². The molecule has 0 unspecified atom stereocenters. The van der Waals surface area contributed by atoms with E-state index >= 15 is 0 Å². The number of phenolic OH excluding ortho intramolecular Hbond substituents is 1. The van der Waals surface area contributed by atoms with Crippen molar-refractivity contribution in [2.24, 2.45) is 11.8 Å². The van der Waals surface area contributed by atoms with E-state index < -0.39 is 17.9 Å². The SMILES string of the molecule is Oc1cc(F)cc(OC[C@H]2CC[C@@H](C(F)(F)F)CC2)c1. The van der Waals surface area contributed by atoms with Crippen molar-refractivity contribution in [2.45, 2.75) is 31.9 Å². The van der Waals surface area contributed by atoms with Crippen LogP contribution in [0, 0.1) is 17.7 Å². The molecule has 0 spiro atoms. The van der Waals surface area contributed by atoms with Gasteiger partial charge in [-0.05, 0) is 31.6 Å². The number of phenols is 1. The fourth-order valence-corrected chi connectivity index (χ4v) is 2.50. The number of hydrogen-bond acceptors (Lipinski definition) is 2. The van der Waals surface area contributed by atoms with E-state index in [4.69, 9.17) is 4.74 Å². The van der Waals surface area contributed by atoms with Crippen molar-refractivity contribution in [3.63, 3.8) is 0 Å². The highest BCUT2D eigenvalue weighted by molar-refractivity contribution is 5.32. The molecule has 1 aromatic carbocycles. The number of hydrogen-bond donors (Lipinski definition) is 1. The highest BCUT2D eigenvalue weighted by Crippen LogP contribution is 2.39. The number of rotatable bonds is 3. The van der Waals surface area contributed by atoms with E-state index in [0.29, 0.717) is 12.8 Å². The predicted molar refractivity (Wildman–Crippen MR) is 65.1 cm³/mol. The Labute approximate surface area is 114 Å². The molecule has 1 fully saturated rings. The van der Waals surface area contributed by atoms with Crippen molar-refractivity contribution in [2.75, 3.05) is 6.61 Å². The smallest absolute Gasteiger partial charge is 0.391 e. The standard InChI is InChI=1S/C14H16F4O2/c15-11-5-12(19)7-13(6-11)20-8-9-1-3-10(4-2-9)14(16,17)18/h5-7,9-10,19H,1-4,8H2/t9-,10+. The quantitative estimate of drug-likeness (QED) is 0.843. The van der Waals surface area contributed by atoms with Gasteiger partial charge < -0.3 is 9.84 Å².